The molecule has 0 aliphatic carbocycles. The molecule has 0 spiro atoms. The Hall–Kier alpha value is 0.270. The van der Waals surface area contributed by atoms with Gasteiger partial charge < -0.3 is 12.4 Å². The number of pyridine rings is 1. The van der Waals surface area contributed by atoms with Gasteiger partial charge in [-0.25, -0.2) is 0 Å². The Morgan fingerprint density at radius 3 is 2.61 bits per heavy atom. The summed E-state index contributed by atoms with van der Waals surface area (Å²) in [7, 11) is 0. The molecular formula is C14H23BrClNS. The van der Waals surface area contributed by atoms with Crippen molar-refractivity contribution in [2.45, 2.75) is 51.3 Å². The molecule has 0 saturated carbocycles. The molecule has 1 nitrogen and oxygen atoms in total. The Bertz CT molecular complexity index is 310. The molecule has 0 N–H and O–H groups in total. The highest BCUT2D eigenvalue weighted by Crippen LogP contribution is 2.10. The number of halogens is 2. The van der Waals surface area contributed by atoms with Crippen LogP contribution in [-0.4, -0.2) is 5.75 Å². The third kappa shape index (κ3) is 9.23. The smallest absolute Gasteiger partial charge is 0.194 e. The normalized spacial score (nSPS) is 10.1. The molecule has 1 aromatic heterocycles. The van der Waals surface area contributed by atoms with Crippen LogP contribution in [0.15, 0.2) is 29.0 Å². The molecule has 0 bridgehead atoms. The number of thioether (sulfide) groups is 1. The van der Waals surface area contributed by atoms with Crippen molar-refractivity contribution >= 4 is 27.7 Å². The molecule has 18 heavy (non-hydrogen) atoms. The maximum atomic E-state index is 3.49. The molecule has 0 amide bonds. The van der Waals surface area contributed by atoms with Crippen molar-refractivity contribution in [3.63, 3.8) is 0 Å². The fourth-order valence-electron chi connectivity index (χ4n) is 1.72. The Morgan fingerprint density at radius 2 is 1.89 bits per heavy atom. The van der Waals surface area contributed by atoms with Crippen LogP contribution < -0.4 is 17.0 Å². The summed E-state index contributed by atoms with van der Waals surface area (Å²) in [6, 6.07) is 4.14. The van der Waals surface area contributed by atoms with E-state index in [0.717, 1.165) is 10.3 Å². The predicted octanol–water partition coefficient (Wildman–Crippen LogP) is 1.79. The molecule has 0 unspecified atom stereocenters. The number of aromatic nitrogens is 1. The van der Waals surface area contributed by atoms with Gasteiger partial charge in [0.2, 0.25) is 0 Å². The van der Waals surface area contributed by atoms with Gasteiger partial charge in [0, 0.05) is 6.07 Å². The van der Waals surface area contributed by atoms with Crippen molar-refractivity contribution in [1.82, 2.24) is 0 Å². The van der Waals surface area contributed by atoms with Gasteiger partial charge in [0.15, 0.2) is 18.3 Å². The van der Waals surface area contributed by atoms with Crippen LogP contribution in [0.5, 0.6) is 0 Å². The third-order valence-electron chi connectivity index (χ3n) is 2.70. The number of unbranched alkanes of at least 4 members (excludes halogenated alkanes) is 5. The Morgan fingerprint density at radius 1 is 1.17 bits per heavy atom. The summed E-state index contributed by atoms with van der Waals surface area (Å²) in [5.74, 6) is 2.35. The van der Waals surface area contributed by atoms with Crippen molar-refractivity contribution < 1.29 is 17.0 Å². The number of nitrogens with zero attached hydrogens (tertiary/aromatic N) is 1. The fraction of sp³-hybridized carbons (Fsp3) is 0.643. The lowest BCUT2D eigenvalue weighted by atomic mass is 10.1. The SMILES string of the molecule is CCCCCCCCSC[n+]1cccc(Br)c1.[Cl-]. The zero-order valence-electron chi connectivity index (χ0n) is 11.1. The van der Waals surface area contributed by atoms with E-state index in [9.17, 15) is 0 Å². The second kappa shape index (κ2) is 12.3. The fourth-order valence-corrected chi connectivity index (χ4v) is 3.05. The summed E-state index contributed by atoms with van der Waals surface area (Å²) in [4.78, 5) is 0. The predicted molar refractivity (Wildman–Crippen MR) is 80.2 cm³/mol. The summed E-state index contributed by atoms with van der Waals surface area (Å²) in [6.07, 6.45) is 12.6. The summed E-state index contributed by atoms with van der Waals surface area (Å²) in [5.41, 5.74) is 0. The second-order valence-electron chi connectivity index (χ2n) is 4.34. The van der Waals surface area contributed by atoms with E-state index in [1.807, 2.05) is 11.8 Å². The average Bonchev–Trinajstić information content (AvgIpc) is 2.33. The first-order valence-corrected chi connectivity index (χ1v) is 8.50. The van der Waals surface area contributed by atoms with Gasteiger partial charge in [0.05, 0.1) is 4.47 Å². The summed E-state index contributed by atoms with van der Waals surface area (Å²) >= 11 is 5.51. The third-order valence-corrected chi connectivity index (χ3v) is 4.23. The van der Waals surface area contributed by atoms with E-state index in [-0.39, 0.29) is 12.4 Å². The van der Waals surface area contributed by atoms with Gasteiger partial charge in [-0.05, 0) is 34.2 Å². The topological polar surface area (TPSA) is 3.88 Å². The molecule has 4 heteroatoms. The summed E-state index contributed by atoms with van der Waals surface area (Å²) in [6.45, 7) is 2.27. The van der Waals surface area contributed by atoms with E-state index >= 15 is 0 Å². The van der Waals surface area contributed by atoms with Gasteiger partial charge in [-0.2, -0.15) is 4.57 Å². The van der Waals surface area contributed by atoms with E-state index in [1.54, 1.807) is 0 Å². The highest BCUT2D eigenvalue weighted by Gasteiger charge is 2.00. The van der Waals surface area contributed by atoms with Crippen LogP contribution in [0.25, 0.3) is 0 Å². The molecule has 0 fully saturated rings. The Balaban J connectivity index is 0.00000289. The summed E-state index contributed by atoms with van der Waals surface area (Å²) in [5, 5.41) is 0. The highest BCUT2D eigenvalue weighted by atomic mass is 79.9. The molecule has 0 radical (unpaired) electrons. The maximum absolute atomic E-state index is 3.49. The van der Waals surface area contributed by atoms with E-state index in [1.165, 1.54) is 44.3 Å². The van der Waals surface area contributed by atoms with Crippen LogP contribution in [0.4, 0.5) is 0 Å². The molecular weight excluding hydrogens is 330 g/mol. The van der Waals surface area contributed by atoms with Crippen LogP contribution in [0, 0.1) is 0 Å². The van der Waals surface area contributed by atoms with Gasteiger partial charge in [-0.1, -0.05) is 50.8 Å². The average molecular weight is 353 g/mol. The minimum Gasteiger partial charge on any atom is -1.00 e. The van der Waals surface area contributed by atoms with Crippen molar-refractivity contribution in [2.75, 3.05) is 5.75 Å². The lowest BCUT2D eigenvalue weighted by Crippen LogP contribution is -3.00. The van der Waals surface area contributed by atoms with Gasteiger partial charge in [0.1, 0.15) is 0 Å². The molecule has 0 aromatic carbocycles. The molecule has 1 heterocycles. The standard InChI is InChI=1S/C14H23BrNS.ClH/c1-2-3-4-5-6-7-11-17-13-16-10-8-9-14(15)12-16;/h8-10,12H,2-7,11,13H2,1H3;1H/q+1;/p-1. The molecule has 0 saturated heterocycles. The van der Waals surface area contributed by atoms with Gasteiger partial charge >= 0.3 is 0 Å². The largest absolute Gasteiger partial charge is 1.00 e. The lowest BCUT2D eigenvalue weighted by Gasteiger charge is -2.00. The maximum Gasteiger partial charge on any atom is 0.194 e. The molecule has 104 valence electrons. The van der Waals surface area contributed by atoms with Crippen LogP contribution >= 0.6 is 27.7 Å². The highest BCUT2D eigenvalue weighted by molar-refractivity contribution is 9.10. The summed E-state index contributed by atoms with van der Waals surface area (Å²) < 4.78 is 3.38. The zero-order chi connectivity index (χ0) is 12.3. The first-order valence-electron chi connectivity index (χ1n) is 6.55. The molecule has 0 aliphatic rings. The Kier molecular flexibility index (Phi) is 12.5. The monoisotopic (exact) mass is 351 g/mol. The van der Waals surface area contributed by atoms with Crippen molar-refractivity contribution in [3.05, 3.63) is 29.0 Å². The minimum absolute atomic E-state index is 0. The van der Waals surface area contributed by atoms with E-state index in [0.29, 0.717) is 0 Å². The van der Waals surface area contributed by atoms with Crippen LogP contribution in [-0.2, 0) is 5.88 Å². The van der Waals surface area contributed by atoms with Gasteiger partial charge in [-0.15, -0.1) is 0 Å². The van der Waals surface area contributed by atoms with E-state index in [2.05, 4.69) is 51.9 Å². The van der Waals surface area contributed by atoms with Crippen molar-refractivity contribution in [2.24, 2.45) is 0 Å². The minimum atomic E-state index is 0. The molecule has 1 aromatic rings. The van der Waals surface area contributed by atoms with Crippen LogP contribution in [0.3, 0.4) is 0 Å². The lowest BCUT2D eigenvalue weighted by molar-refractivity contribution is -0.676. The number of rotatable bonds is 9. The van der Waals surface area contributed by atoms with Crippen molar-refractivity contribution in [3.8, 4) is 0 Å². The molecule has 0 aliphatic heterocycles. The first-order chi connectivity index (χ1) is 8.33. The van der Waals surface area contributed by atoms with E-state index in [4.69, 9.17) is 0 Å². The molecule has 1 rings (SSSR count). The van der Waals surface area contributed by atoms with Gasteiger partial charge in [0.25, 0.3) is 0 Å². The van der Waals surface area contributed by atoms with E-state index < -0.39 is 0 Å². The zero-order valence-corrected chi connectivity index (χ0v) is 14.2. The quantitative estimate of drug-likeness (QED) is 0.484. The van der Waals surface area contributed by atoms with Crippen molar-refractivity contribution in [1.29, 1.82) is 0 Å². The first kappa shape index (κ1) is 18.3. The van der Waals surface area contributed by atoms with Crippen LogP contribution in [0.2, 0.25) is 0 Å². The second-order valence-corrected chi connectivity index (χ2v) is 6.33. The molecule has 0 atom stereocenters. The number of hydrogen-bond acceptors (Lipinski definition) is 1. The Labute approximate surface area is 130 Å². The van der Waals surface area contributed by atoms with Gasteiger partial charge in [-0.3, -0.25) is 0 Å². The number of hydrogen-bond donors (Lipinski definition) is 0. The van der Waals surface area contributed by atoms with Crippen LogP contribution in [0.1, 0.15) is 45.4 Å².